The lowest BCUT2D eigenvalue weighted by atomic mass is 9.96. The molecule has 2 aromatic carbocycles. The van der Waals surface area contributed by atoms with Gasteiger partial charge in [-0.2, -0.15) is 0 Å². The average Bonchev–Trinajstić information content (AvgIpc) is 3.11. The van der Waals surface area contributed by atoms with Gasteiger partial charge in [0.15, 0.2) is 5.43 Å². The molecule has 178 valence electrons. The van der Waals surface area contributed by atoms with Crippen LogP contribution in [0.15, 0.2) is 45.6 Å². The second-order valence-electron chi connectivity index (χ2n) is 9.11. The number of morpholine rings is 1. The topological polar surface area (TPSA) is 72.2 Å². The van der Waals surface area contributed by atoms with E-state index in [0.717, 1.165) is 61.7 Å². The van der Waals surface area contributed by atoms with Crippen LogP contribution < -0.4 is 10.2 Å². The predicted molar refractivity (Wildman–Crippen MR) is 130 cm³/mol. The summed E-state index contributed by atoms with van der Waals surface area (Å²) in [6.07, 6.45) is 0.804. The summed E-state index contributed by atoms with van der Waals surface area (Å²) in [6.45, 7) is 8.57. The van der Waals surface area contributed by atoms with Crippen LogP contribution in [0.4, 0.5) is 0 Å². The van der Waals surface area contributed by atoms with Crippen molar-refractivity contribution in [3.05, 3.63) is 74.6 Å². The van der Waals surface area contributed by atoms with Gasteiger partial charge in [-0.15, -0.1) is 0 Å². The van der Waals surface area contributed by atoms with Crippen LogP contribution in [0.1, 0.15) is 45.3 Å². The van der Waals surface area contributed by atoms with E-state index in [-0.39, 0.29) is 17.1 Å². The molecule has 0 unspecified atom stereocenters. The van der Waals surface area contributed by atoms with Gasteiger partial charge in [-0.3, -0.25) is 14.5 Å². The first-order chi connectivity index (χ1) is 16.5. The van der Waals surface area contributed by atoms with E-state index in [9.17, 15) is 9.59 Å². The zero-order valence-corrected chi connectivity index (χ0v) is 19.9. The molecule has 3 aromatic rings. The molecule has 1 aromatic heterocycles. The summed E-state index contributed by atoms with van der Waals surface area (Å²) in [5.74, 6) is 0.662. The summed E-state index contributed by atoms with van der Waals surface area (Å²) in [6, 6.07) is 10.9. The van der Waals surface area contributed by atoms with Crippen LogP contribution in [0.25, 0.3) is 11.0 Å². The fraction of sp³-hybridized carbons (Fsp3) is 0.407. The predicted octanol–water partition coefficient (Wildman–Crippen LogP) is 3.69. The largest absolute Gasteiger partial charge is 0.497 e. The number of carbonyl (C=O) groups excluding carboxylic acids is 1. The van der Waals surface area contributed by atoms with E-state index < -0.39 is 6.04 Å². The number of ether oxygens (including phenoxy) is 2. The summed E-state index contributed by atoms with van der Waals surface area (Å²) in [5, 5.41) is 0.547. The number of benzene rings is 2. The van der Waals surface area contributed by atoms with E-state index in [1.165, 1.54) is 0 Å². The first-order valence-electron chi connectivity index (χ1n) is 11.8. The molecule has 0 N–H and O–H groups in total. The smallest absolute Gasteiger partial charge is 0.290 e. The Morgan fingerprint density at radius 1 is 1.03 bits per heavy atom. The fourth-order valence-corrected chi connectivity index (χ4v) is 5.17. The molecule has 7 nitrogen and oxygen atoms in total. The number of hydrogen-bond acceptors (Lipinski definition) is 6. The molecule has 0 spiro atoms. The van der Waals surface area contributed by atoms with Crippen LogP contribution in [-0.2, 0) is 4.74 Å². The van der Waals surface area contributed by atoms with Crippen molar-refractivity contribution in [3.8, 4) is 5.75 Å². The van der Waals surface area contributed by atoms with Crippen molar-refractivity contribution in [2.75, 3.05) is 46.5 Å². The van der Waals surface area contributed by atoms with Gasteiger partial charge in [0, 0.05) is 26.2 Å². The molecule has 0 aliphatic carbocycles. The minimum absolute atomic E-state index is 0.126. The molecular formula is C27H30N2O5. The Bertz CT molecular complexity index is 1270. The maximum Gasteiger partial charge on any atom is 0.290 e. The van der Waals surface area contributed by atoms with E-state index in [1.54, 1.807) is 12.0 Å². The minimum Gasteiger partial charge on any atom is -0.497 e. The number of rotatable bonds is 6. The number of hydrogen-bond donors (Lipinski definition) is 0. The summed E-state index contributed by atoms with van der Waals surface area (Å²) in [4.78, 5) is 31.5. The molecule has 1 amide bonds. The second-order valence-corrected chi connectivity index (χ2v) is 9.11. The van der Waals surface area contributed by atoms with E-state index in [4.69, 9.17) is 13.9 Å². The van der Waals surface area contributed by atoms with Gasteiger partial charge in [-0.1, -0.05) is 18.2 Å². The average molecular weight is 463 g/mol. The van der Waals surface area contributed by atoms with Gasteiger partial charge in [0.25, 0.3) is 5.91 Å². The first kappa shape index (κ1) is 22.6. The van der Waals surface area contributed by atoms with Gasteiger partial charge < -0.3 is 18.8 Å². The zero-order chi connectivity index (χ0) is 23.8. The van der Waals surface area contributed by atoms with E-state index in [1.807, 2.05) is 50.2 Å². The maximum absolute atomic E-state index is 13.8. The van der Waals surface area contributed by atoms with Crippen LogP contribution in [-0.4, -0.2) is 62.2 Å². The van der Waals surface area contributed by atoms with Gasteiger partial charge in [0.2, 0.25) is 5.76 Å². The molecule has 34 heavy (non-hydrogen) atoms. The number of methoxy groups -OCH3 is 1. The van der Waals surface area contributed by atoms with Crippen LogP contribution in [0.3, 0.4) is 0 Å². The molecule has 1 atom stereocenters. The van der Waals surface area contributed by atoms with Crippen LogP contribution in [0.2, 0.25) is 0 Å². The van der Waals surface area contributed by atoms with Crippen LogP contribution >= 0.6 is 0 Å². The van der Waals surface area contributed by atoms with E-state index in [2.05, 4.69) is 4.90 Å². The monoisotopic (exact) mass is 462 g/mol. The molecule has 0 saturated carbocycles. The Hall–Kier alpha value is -3.16. The highest BCUT2D eigenvalue weighted by atomic mass is 16.5. The second kappa shape index (κ2) is 9.24. The van der Waals surface area contributed by atoms with Gasteiger partial charge >= 0.3 is 0 Å². The molecule has 2 aliphatic rings. The van der Waals surface area contributed by atoms with Crippen molar-refractivity contribution in [2.45, 2.75) is 26.3 Å². The lowest BCUT2D eigenvalue weighted by molar-refractivity contribution is 0.0353. The number of aryl methyl sites for hydroxylation is 2. The standard InChI is InChI=1S/C27H30N2O5/c1-17-15-18(2)22-21(16-17)34-26-23(25(22)30)24(19-5-7-20(32-3)8-6-19)29(27(26)31)10-4-9-28-11-13-33-14-12-28/h5-8,15-16,24H,4,9-14H2,1-3H3/t24-/m1/s1. The van der Waals surface area contributed by atoms with Gasteiger partial charge in [-0.25, -0.2) is 0 Å². The molecule has 1 fully saturated rings. The quantitative estimate of drug-likeness (QED) is 0.557. The molecule has 0 radical (unpaired) electrons. The molecule has 0 bridgehead atoms. The fourth-order valence-electron chi connectivity index (χ4n) is 5.17. The van der Waals surface area contributed by atoms with Crippen molar-refractivity contribution < 1.29 is 18.7 Å². The highest BCUT2D eigenvalue weighted by Gasteiger charge is 2.42. The van der Waals surface area contributed by atoms with E-state index in [0.29, 0.717) is 23.1 Å². The van der Waals surface area contributed by atoms with Crippen molar-refractivity contribution >= 4 is 16.9 Å². The summed E-state index contributed by atoms with van der Waals surface area (Å²) >= 11 is 0. The lowest BCUT2D eigenvalue weighted by Gasteiger charge is -2.29. The molecule has 7 heteroatoms. The van der Waals surface area contributed by atoms with Gasteiger partial charge in [0.05, 0.1) is 37.3 Å². The molecule has 1 saturated heterocycles. The van der Waals surface area contributed by atoms with Crippen LogP contribution in [0.5, 0.6) is 5.75 Å². The third-order valence-corrected chi connectivity index (χ3v) is 6.82. The Labute approximate surface area is 198 Å². The number of amides is 1. The summed E-state index contributed by atoms with van der Waals surface area (Å²) in [7, 11) is 1.62. The van der Waals surface area contributed by atoms with Gasteiger partial charge in [0.1, 0.15) is 11.3 Å². The van der Waals surface area contributed by atoms with Crippen molar-refractivity contribution in [3.63, 3.8) is 0 Å². The highest BCUT2D eigenvalue weighted by Crippen LogP contribution is 2.39. The number of carbonyl (C=O) groups is 1. The molecule has 3 heterocycles. The third kappa shape index (κ3) is 3.99. The van der Waals surface area contributed by atoms with Crippen molar-refractivity contribution in [1.82, 2.24) is 9.80 Å². The maximum atomic E-state index is 13.8. The van der Waals surface area contributed by atoms with Crippen molar-refractivity contribution in [1.29, 1.82) is 0 Å². The minimum atomic E-state index is -0.487. The zero-order valence-electron chi connectivity index (χ0n) is 19.9. The number of nitrogens with zero attached hydrogens (tertiary/aromatic N) is 2. The van der Waals surface area contributed by atoms with Gasteiger partial charge in [-0.05, 0) is 55.2 Å². The third-order valence-electron chi connectivity index (χ3n) is 6.82. The molecular weight excluding hydrogens is 432 g/mol. The Balaban J connectivity index is 1.56. The van der Waals surface area contributed by atoms with E-state index >= 15 is 0 Å². The van der Waals surface area contributed by atoms with Crippen molar-refractivity contribution in [2.24, 2.45) is 0 Å². The highest BCUT2D eigenvalue weighted by molar-refractivity contribution is 5.99. The Morgan fingerprint density at radius 3 is 2.47 bits per heavy atom. The molecule has 5 rings (SSSR count). The SMILES string of the molecule is COc1ccc([C@@H]2c3c(oc4cc(C)cc(C)c4c3=O)C(=O)N2CCCN2CCOCC2)cc1. The Kier molecular flexibility index (Phi) is 6.15. The first-order valence-corrected chi connectivity index (χ1v) is 11.8. The number of fused-ring (bicyclic) bond motifs is 2. The lowest BCUT2D eigenvalue weighted by Crippen LogP contribution is -2.38. The summed E-state index contributed by atoms with van der Waals surface area (Å²) < 4.78 is 16.9. The Morgan fingerprint density at radius 2 is 1.76 bits per heavy atom. The molecule has 2 aliphatic heterocycles. The normalized spacial score (nSPS) is 18.5. The van der Waals surface area contributed by atoms with Crippen LogP contribution in [0, 0.1) is 13.8 Å². The summed E-state index contributed by atoms with van der Waals surface area (Å²) in [5.41, 5.74) is 3.50.